The van der Waals surface area contributed by atoms with Crippen LogP contribution in [0.5, 0.6) is 0 Å². The topological polar surface area (TPSA) is 29.5 Å². The molecule has 0 aromatic rings. The van der Waals surface area contributed by atoms with Crippen molar-refractivity contribution in [1.82, 2.24) is 0 Å². The average Bonchev–Trinajstić information content (AvgIpc) is 2.34. The molecule has 2 nitrogen and oxygen atoms in total. The van der Waals surface area contributed by atoms with Crippen LogP contribution in [0.4, 0.5) is 0 Å². The molecule has 0 aromatic carbocycles. The Morgan fingerprint density at radius 1 is 0.833 bits per heavy atom. The summed E-state index contributed by atoms with van der Waals surface area (Å²) in [7, 11) is 0. The van der Waals surface area contributed by atoms with Crippen molar-refractivity contribution in [3.05, 3.63) is 0 Å². The zero-order valence-corrected chi connectivity index (χ0v) is 12.8. The number of hydrogen-bond donors (Lipinski definition) is 1. The maximum atomic E-state index is 9.18. The van der Waals surface area contributed by atoms with E-state index in [4.69, 9.17) is 4.74 Å². The molecule has 0 spiro atoms. The van der Waals surface area contributed by atoms with Crippen LogP contribution in [0.25, 0.3) is 0 Å². The van der Waals surface area contributed by atoms with E-state index in [2.05, 4.69) is 13.8 Å². The molecule has 0 saturated carbocycles. The van der Waals surface area contributed by atoms with Gasteiger partial charge in [-0.2, -0.15) is 0 Å². The van der Waals surface area contributed by atoms with E-state index in [0.717, 1.165) is 19.4 Å². The summed E-state index contributed by atoms with van der Waals surface area (Å²) in [5.41, 5.74) is 0. The highest BCUT2D eigenvalue weighted by atomic mass is 16.5. The Hall–Kier alpha value is -0.0800. The van der Waals surface area contributed by atoms with Gasteiger partial charge < -0.3 is 9.84 Å². The zero-order chi connectivity index (χ0) is 13.6. The number of ether oxygens (including phenoxy) is 1. The monoisotopic (exact) mass is 258 g/mol. The second-order valence-electron chi connectivity index (χ2n) is 5.58. The minimum atomic E-state index is -0.195. The zero-order valence-electron chi connectivity index (χ0n) is 12.8. The molecule has 0 aliphatic carbocycles. The third-order valence-electron chi connectivity index (χ3n) is 3.39. The molecule has 0 amide bonds. The van der Waals surface area contributed by atoms with E-state index < -0.39 is 0 Å². The first-order valence-electron chi connectivity index (χ1n) is 7.96. The van der Waals surface area contributed by atoms with Gasteiger partial charge in [0.15, 0.2) is 0 Å². The maximum absolute atomic E-state index is 9.18. The molecule has 0 aromatic heterocycles. The van der Waals surface area contributed by atoms with Gasteiger partial charge in [0, 0.05) is 6.61 Å². The van der Waals surface area contributed by atoms with Crippen LogP contribution in [0.2, 0.25) is 0 Å². The Kier molecular flexibility index (Phi) is 13.3. The van der Waals surface area contributed by atoms with Gasteiger partial charge in [-0.05, 0) is 33.1 Å². The van der Waals surface area contributed by atoms with E-state index >= 15 is 0 Å². The number of aliphatic hydroxyl groups is 1. The van der Waals surface area contributed by atoms with Gasteiger partial charge in [0.25, 0.3) is 0 Å². The molecule has 1 N–H and O–H groups in total. The molecule has 2 atom stereocenters. The fraction of sp³-hybridized carbons (Fsp3) is 1.00. The van der Waals surface area contributed by atoms with Crippen molar-refractivity contribution < 1.29 is 9.84 Å². The largest absolute Gasteiger partial charge is 0.393 e. The molecule has 0 aliphatic heterocycles. The van der Waals surface area contributed by atoms with Gasteiger partial charge in [-0.3, -0.25) is 0 Å². The molecule has 0 rings (SSSR count). The van der Waals surface area contributed by atoms with Gasteiger partial charge in [-0.15, -0.1) is 0 Å². The number of aliphatic hydroxyl groups excluding tert-OH is 1. The average molecular weight is 258 g/mol. The molecule has 0 fully saturated rings. The molecule has 0 bridgehead atoms. The van der Waals surface area contributed by atoms with E-state index in [1.165, 1.54) is 51.4 Å². The summed E-state index contributed by atoms with van der Waals surface area (Å²) < 4.78 is 5.73. The number of unbranched alkanes of at least 4 members (excludes halogenated alkanes) is 7. The van der Waals surface area contributed by atoms with Crippen molar-refractivity contribution in [2.45, 2.75) is 97.2 Å². The third-order valence-corrected chi connectivity index (χ3v) is 3.39. The summed E-state index contributed by atoms with van der Waals surface area (Å²) in [6.07, 6.45) is 12.7. The Morgan fingerprint density at radius 3 is 1.94 bits per heavy atom. The molecular formula is C16H34O2. The van der Waals surface area contributed by atoms with E-state index in [-0.39, 0.29) is 6.10 Å². The van der Waals surface area contributed by atoms with E-state index in [1.54, 1.807) is 0 Å². The van der Waals surface area contributed by atoms with Crippen LogP contribution >= 0.6 is 0 Å². The van der Waals surface area contributed by atoms with Crippen molar-refractivity contribution in [3.63, 3.8) is 0 Å². The van der Waals surface area contributed by atoms with Crippen LogP contribution in [-0.2, 0) is 4.74 Å². The Labute approximate surface area is 114 Å². The SMILES string of the molecule is CCCCCCCCCCOC(C)CCC(C)O. The highest BCUT2D eigenvalue weighted by Crippen LogP contribution is 2.10. The molecule has 110 valence electrons. The molecule has 0 radical (unpaired) electrons. The van der Waals surface area contributed by atoms with Crippen LogP contribution in [-0.4, -0.2) is 23.9 Å². The van der Waals surface area contributed by atoms with Crippen LogP contribution in [0.3, 0.4) is 0 Å². The van der Waals surface area contributed by atoms with Crippen molar-refractivity contribution in [1.29, 1.82) is 0 Å². The van der Waals surface area contributed by atoms with Crippen molar-refractivity contribution in [3.8, 4) is 0 Å². The lowest BCUT2D eigenvalue weighted by Gasteiger charge is -2.13. The van der Waals surface area contributed by atoms with E-state index in [9.17, 15) is 5.11 Å². The molecule has 18 heavy (non-hydrogen) atoms. The fourth-order valence-electron chi connectivity index (χ4n) is 2.08. The highest BCUT2D eigenvalue weighted by molar-refractivity contribution is 4.55. The van der Waals surface area contributed by atoms with E-state index in [1.807, 2.05) is 6.92 Å². The Morgan fingerprint density at radius 2 is 1.39 bits per heavy atom. The third kappa shape index (κ3) is 14.0. The summed E-state index contributed by atoms with van der Waals surface area (Å²) in [6.45, 7) is 7.09. The Bertz CT molecular complexity index is 157. The van der Waals surface area contributed by atoms with Gasteiger partial charge in [-0.25, -0.2) is 0 Å². The first-order chi connectivity index (χ1) is 8.66. The summed E-state index contributed by atoms with van der Waals surface area (Å²) in [4.78, 5) is 0. The lowest BCUT2D eigenvalue weighted by molar-refractivity contribution is 0.0461. The number of hydrogen-bond acceptors (Lipinski definition) is 2. The molecule has 2 unspecified atom stereocenters. The molecule has 0 aliphatic rings. The second-order valence-corrected chi connectivity index (χ2v) is 5.58. The molecule has 0 saturated heterocycles. The molecule has 0 heterocycles. The Balaban J connectivity index is 3.10. The minimum absolute atomic E-state index is 0.195. The normalized spacial score (nSPS) is 14.7. The predicted octanol–water partition coefficient (Wildman–Crippen LogP) is 4.69. The van der Waals surface area contributed by atoms with Crippen molar-refractivity contribution >= 4 is 0 Å². The molecular weight excluding hydrogens is 224 g/mol. The van der Waals surface area contributed by atoms with Gasteiger partial charge in [0.2, 0.25) is 0 Å². The van der Waals surface area contributed by atoms with Gasteiger partial charge >= 0.3 is 0 Å². The van der Waals surface area contributed by atoms with Crippen LogP contribution in [0, 0.1) is 0 Å². The summed E-state index contributed by atoms with van der Waals surface area (Å²) >= 11 is 0. The van der Waals surface area contributed by atoms with Gasteiger partial charge in [0.05, 0.1) is 12.2 Å². The van der Waals surface area contributed by atoms with Crippen LogP contribution in [0.15, 0.2) is 0 Å². The smallest absolute Gasteiger partial charge is 0.0547 e. The summed E-state index contributed by atoms with van der Waals surface area (Å²) in [5, 5.41) is 9.18. The second kappa shape index (κ2) is 13.4. The quantitative estimate of drug-likeness (QED) is 0.485. The lowest BCUT2D eigenvalue weighted by Crippen LogP contribution is -2.12. The summed E-state index contributed by atoms with van der Waals surface area (Å²) in [5.74, 6) is 0. The van der Waals surface area contributed by atoms with Crippen molar-refractivity contribution in [2.75, 3.05) is 6.61 Å². The van der Waals surface area contributed by atoms with Crippen molar-refractivity contribution in [2.24, 2.45) is 0 Å². The fourth-order valence-corrected chi connectivity index (χ4v) is 2.08. The maximum Gasteiger partial charge on any atom is 0.0547 e. The molecule has 2 heteroatoms. The van der Waals surface area contributed by atoms with Crippen LogP contribution < -0.4 is 0 Å². The van der Waals surface area contributed by atoms with Gasteiger partial charge in [0.1, 0.15) is 0 Å². The standard InChI is InChI=1S/C16H34O2/c1-4-5-6-7-8-9-10-11-14-18-16(3)13-12-15(2)17/h15-17H,4-14H2,1-3H3. The first kappa shape index (κ1) is 17.9. The summed E-state index contributed by atoms with van der Waals surface area (Å²) in [6, 6.07) is 0. The first-order valence-corrected chi connectivity index (χ1v) is 7.96. The van der Waals surface area contributed by atoms with Crippen LogP contribution in [0.1, 0.15) is 85.0 Å². The highest BCUT2D eigenvalue weighted by Gasteiger charge is 2.04. The van der Waals surface area contributed by atoms with Gasteiger partial charge in [-0.1, -0.05) is 51.9 Å². The predicted molar refractivity (Wildman–Crippen MR) is 78.9 cm³/mol. The van der Waals surface area contributed by atoms with E-state index in [0.29, 0.717) is 6.10 Å². The lowest BCUT2D eigenvalue weighted by atomic mass is 10.1. The number of rotatable bonds is 13. The minimum Gasteiger partial charge on any atom is -0.393 e.